The van der Waals surface area contributed by atoms with Gasteiger partial charge in [-0.3, -0.25) is 10.1 Å². The van der Waals surface area contributed by atoms with Crippen molar-refractivity contribution in [2.75, 3.05) is 0 Å². The highest BCUT2D eigenvalue weighted by Gasteiger charge is 2.20. The van der Waals surface area contributed by atoms with E-state index in [4.69, 9.17) is 5.14 Å². The van der Waals surface area contributed by atoms with Crippen molar-refractivity contribution in [1.29, 1.82) is 0 Å². The van der Waals surface area contributed by atoms with E-state index in [1.165, 1.54) is 6.92 Å². The summed E-state index contributed by atoms with van der Waals surface area (Å²) in [5.74, 6) is -0.978. The Kier molecular flexibility index (Phi) is 2.73. The van der Waals surface area contributed by atoms with E-state index in [9.17, 15) is 22.9 Å². The molecule has 0 aliphatic rings. The van der Waals surface area contributed by atoms with Crippen molar-refractivity contribution >= 4 is 15.7 Å². The van der Waals surface area contributed by atoms with Crippen LogP contribution in [0.1, 0.15) is 5.56 Å². The molecule has 0 heterocycles. The van der Waals surface area contributed by atoms with Crippen molar-refractivity contribution in [3.63, 3.8) is 0 Å². The predicted molar refractivity (Wildman–Crippen MR) is 49.2 cm³/mol. The van der Waals surface area contributed by atoms with Crippen LogP contribution < -0.4 is 5.14 Å². The normalized spacial score (nSPS) is 11.4. The summed E-state index contributed by atoms with van der Waals surface area (Å²) in [6.45, 7) is 1.18. The van der Waals surface area contributed by atoms with Crippen LogP contribution >= 0.6 is 0 Å². The highest BCUT2D eigenvalue weighted by molar-refractivity contribution is 7.89. The molecule has 0 aromatic heterocycles. The van der Waals surface area contributed by atoms with Gasteiger partial charge in [-0.25, -0.2) is 17.9 Å². The van der Waals surface area contributed by atoms with E-state index in [0.717, 1.165) is 6.07 Å². The number of nitro benzene ring substituents is 1. The summed E-state index contributed by atoms with van der Waals surface area (Å²) in [4.78, 5) is 8.97. The van der Waals surface area contributed by atoms with Crippen molar-refractivity contribution < 1.29 is 17.7 Å². The summed E-state index contributed by atoms with van der Waals surface area (Å²) >= 11 is 0. The van der Waals surface area contributed by atoms with Crippen molar-refractivity contribution in [3.05, 3.63) is 33.6 Å². The topological polar surface area (TPSA) is 103 Å². The lowest BCUT2D eigenvalue weighted by atomic mass is 10.2. The van der Waals surface area contributed by atoms with E-state index < -0.39 is 31.3 Å². The molecule has 2 N–H and O–H groups in total. The molecule has 0 aliphatic carbocycles. The summed E-state index contributed by atoms with van der Waals surface area (Å²) in [5, 5.41) is 15.2. The van der Waals surface area contributed by atoms with Gasteiger partial charge in [0.05, 0.1) is 15.4 Å². The van der Waals surface area contributed by atoms with Gasteiger partial charge in [-0.05, 0) is 13.0 Å². The second kappa shape index (κ2) is 3.55. The Labute approximate surface area is 84.7 Å². The van der Waals surface area contributed by atoms with Gasteiger partial charge < -0.3 is 0 Å². The van der Waals surface area contributed by atoms with Crippen molar-refractivity contribution in [3.8, 4) is 0 Å². The molecule has 0 fully saturated rings. The average Bonchev–Trinajstić information content (AvgIpc) is 2.06. The molecule has 0 saturated heterocycles. The van der Waals surface area contributed by atoms with Gasteiger partial charge in [0.25, 0.3) is 5.69 Å². The average molecular weight is 234 g/mol. The second-order valence-corrected chi connectivity index (χ2v) is 4.41. The lowest BCUT2D eigenvalue weighted by Gasteiger charge is -2.02. The van der Waals surface area contributed by atoms with Crippen LogP contribution in [0.2, 0.25) is 0 Å². The van der Waals surface area contributed by atoms with Gasteiger partial charge in [-0.2, -0.15) is 0 Å². The standard InChI is InChI=1S/C7H7FN2O4S/c1-4-6(8)2-5(15(9,13)14)3-7(4)10(11)12/h2-3H,1H3,(H2,9,13,14). The van der Waals surface area contributed by atoms with E-state index in [1.807, 2.05) is 0 Å². The molecule has 1 rings (SSSR count). The minimum absolute atomic E-state index is 0.229. The molecule has 0 amide bonds. The third-order valence-corrected chi connectivity index (χ3v) is 2.71. The zero-order valence-corrected chi connectivity index (χ0v) is 8.41. The Morgan fingerprint density at radius 1 is 1.47 bits per heavy atom. The summed E-state index contributed by atoms with van der Waals surface area (Å²) in [6, 6.07) is 1.38. The lowest BCUT2D eigenvalue weighted by Crippen LogP contribution is -2.13. The minimum Gasteiger partial charge on any atom is -0.258 e. The van der Waals surface area contributed by atoms with Crippen LogP contribution in [0.15, 0.2) is 17.0 Å². The molecule has 1 aromatic carbocycles. The number of halogens is 1. The number of sulfonamides is 1. The summed E-state index contributed by atoms with van der Waals surface area (Å²) < 4.78 is 34.8. The van der Waals surface area contributed by atoms with Crippen LogP contribution in [-0.2, 0) is 10.0 Å². The third-order valence-electron chi connectivity index (χ3n) is 1.82. The van der Waals surface area contributed by atoms with E-state index in [0.29, 0.717) is 6.07 Å². The molecule has 15 heavy (non-hydrogen) atoms. The number of nitro groups is 1. The molecule has 82 valence electrons. The molecule has 0 radical (unpaired) electrons. The number of nitrogens with two attached hydrogens (primary N) is 1. The van der Waals surface area contributed by atoms with Crippen molar-refractivity contribution in [2.24, 2.45) is 5.14 Å². The quantitative estimate of drug-likeness (QED) is 0.600. The van der Waals surface area contributed by atoms with Crippen LogP contribution in [-0.4, -0.2) is 13.3 Å². The maximum absolute atomic E-state index is 13.1. The highest BCUT2D eigenvalue weighted by Crippen LogP contribution is 2.24. The molecule has 1 aromatic rings. The first kappa shape index (κ1) is 11.5. The number of hydrogen-bond donors (Lipinski definition) is 1. The third kappa shape index (κ3) is 2.28. The summed E-state index contributed by atoms with van der Waals surface area (Å²) in [6.07, 6.45) is 0. The van der Waals surface area contributed by atoms with Gasteiger partial charge in [-0.1, -0.05) is 0 Å². The van der Waals surface area contributed by atoms with Gasteiger partial charge in [0.2, 0.25) is 10.0 Å². The number of benzene rings is 1. The Morgan fingerprint density at radius 2 is 2.00 bits per heavy atom. The van der Waals surface area contributed by atoms with Gasteiger partial charge in [0.15, 0.2) is 0 Å². The van der Waals surface area contributed by atoms with Crippen LogP contribution in [0.25, 0.3) is 0 Å². The summed E-state index contributed by atoms with van der Waals surface area (Å²) in [7, 11) is -4.14. The molecular weight excluding hydrogens is 227 g/mol. The molecule has 0 atom stereocenters. The Balaban J connectivity index is 3.57. The SMILES string of the molecule is Cc1c(F)cc(S(N)(=O)=O)cc1[N+](=O)[O-]. The second-order valence-electron chi connectivity index (χ2n) is 2.85. The largest absolute Gasteiger partial charge is 0.276 e. The minimum atomic E-state index is -4.14. The number of rotatable bonds is 2. The summed E-state index contributed by atoms with van der Waals surface area (Å²) in [5.41, 5.74) is -0.841. The van der Waals surface area contributed by atoms with E-state index >= 15 is 0 Å². The Morgan fingerprint density at radius 3 is 2.40 bits per heavy atom. The molecule has 0 unspecified atom stereocenters. The first-order valence-corrected chi connectivity index (χ1v) is 5.25. The van der Waals surface area contributed by atoms with Crippen LogP contribution in [0.5, 0.6) is 0 Å². The molecule has 0 spiro atoms. The highest BCUT2D eigenvalue weighted by atomic mass is 32.2. The van der Waals surface area contributed by atoms with E-state index in [1.54, 1.807) is 0 Å². The van der Waals surface area contributed by atoms with Crippen LogP contribution in [0.4, 0.5) is 10.1 Å². The smallest absolute Gasteiger partial charge is 0.258 e. The fourth-order valence-corrected chi connectivity index (χ4v) is 1.54. The van der Waals surface area contributed by atoms with Gasteiger partial charge in [-0.15, -0.1) is 0 Å². The number of hydrogen-bond acceptors (Lipinski definition) is 4. The van der Waals surface area contributed by atoms with Gasteiger partial charge in [0.1, 0.15) is 5.82 Å². The molecular formula is C7H7FN2O4S. The fourth-order valence-electron chi connectivity index (χ4n) is 0.994. The van der Waals surface area contributed by atoms with Crippen molar-refractivity contribution in [1.82, 2.24) is 0 Å². The van der Waals surface area contributed by atoms with Crippen molar-refractivity contribution in [2.45, 2.75) is 11.8 Å². The Bertz CT molecular complexity index is 526. The number of nitrogens with zero attached hydrogens (tertiary/aromatic N) is 1. The predicted octanol–water partition coefficient (Wildman–Crippen LogP) is 0.690. The van der Waals surface area contributed by atoms with Gasteiger partial charge in [0, 0.05) is 6.07 Å². The molecule has 0 bridgehead atoms. The molecule has 0 saturated carbocycles. The van der Waals surface area contributed by atoms with Crippen LogP contribution in [0, 0.1) is 22.9 Å². The maximum atomic E-state index is 13.1. The van der Waals surface area contributed by atoms with Crippen LogP contribution in [0.3, 0.4) is 0 Å². The van der Waals surface area contributed by atoms with Gasteiger partial charge >= 0.3 is 0 Å². The number of primary sulfonamides is 1. The monoisotopic (exact) mass is 234 g/mol. The zero-order chi connectivity index (χ0) is 11.8. The molecule has 8 heteroatoms. The lowest BCUT2D eigenvalue weighted by molar-refractivity contribution is -0.385. The van der Waals surface area contributed by atoms with E-state index in [-0.39, 0.29) is 5.56 Å². The molecule has 6 nitrogen and oxygen atoms in total. The Hall–Kier alpha value is -1.54. The maximum Gasteiger partial charge on any atom is 0.276 e. The fraction of sp³-hybridized carbons (Fsp3) is 0.143. The zero-order valence-electron chi connectivity index (χ0n) is 7.60. The first-order valence-electron chi connectivity index (χ1n) is 3.71. The molecule has 0 aliphatic heterocycles. The van der Waals surface area contributed by atoms with E-state index in [2.05, 4.69) is 0 Å². The first-order chi connectivity index (χ1) is 6.73.